The van der Waals surface area contributed by atoms with E-state index in [9.17, 15) is 0 Å². The van der Waals surface area contributed by atoms with Crippen LogP contribution in [-0.2, 0) is 6.54 Å². The lowest BCUT2D eigenvalue weighted by atomic mass is 9.87. The Kier molecular flexibility index (Phi) is 5.34. The molecule has 1 aliphatic carbocycles. The average Bonchev–Trinajstić information content (AvgIpc) is 2.72. The lowest BCUT2D eigenvalue weighted by Gasteiger charge is -2.43. The quantitative estimate of drug-likeness (QED) is 0.829. The van der Waals surface area contributed by atoms with Crippen molar-refractivity contribution in [1.29, 1.82) is 0 Å². The Morgan fingerprint density at radius 1 is 1.26 bits per heavy atom. The molecule has 1 heterocycles. The minimum absolute atomic E-state index is 0.209. The summed E-state index contributed by atoms with van der Waals surface area (Å²) in [5.41, 5.74) is 7.68. The van der Waals surface area contributed by atoms with Gasteiger partial charge in [0.2, 0.25) is 0 Å². The fraction of sp³-hybridized carbons (Fsp3) is 0.688. The molecule has 0 atom stereocenters. The highest BCUT2D eigenvalue weighted by atomic mass is 15.2. The normalized spacial score (nSPS) is 19.3. The van der Waals surface area contributed by atoms with Gasteiger partial charge >= 0.3 is 0 Å². The monoisotopic (exact) mass is 261 g/mol. The van der Waals surface area contributed by atoms with Gasteiger partial charge in [0.05, 0.1) is 0 Å². The molecule has 0 radical (unpaired) electrons. The first-order valence-electron chi connectivity index (χ1n) is 7.65. The van der Waals surface area contributed by atoms with E-state index in [-0.39, 0.29) is 5.54 Å². The summed E-state index contributed by atoms with van der Waals surface area (Å²) in [4.78, 5) is 6.81. The molecule has 0 amide bonds. The zero-order chi connectivity index (χ0) is 13.6. The first-order valence-corrected chi connectivity index (χ1v) is 7.65. The third kappa shape index (κ3) is 3.54. The van der Waals surface area contributed by atoms with Gasteiger partial charge in [-0.15, -0.1) is 0 Å². The molecule has 1 saturated carbocycles. The second-order valence-corrected chi connectivity index (χ2v) is 5.72. The molecule has 0 spiro atoms. The van der Waals surface area contributed by atoms with Gasteiger partial charge in [-0.3, -0.25) is 9.88 Å². The van der Waals surface area contributed by atoms with E-state index >= 15 is 0 Å². The molecule has 0 aromatic carbocycles. The summed E-state index contributed by atoms with van der Waals surface area (Å²) in [6.45, 7) is 5.06. The van der Waals surface area contributed by atoms with Crippen LogP contribution in [0.15, 0.2) is 24.5 Å². The largest absolute Gasteiger partial charge is 0.329 e. The summed E-state index contributed by atoms with van der Waals surface area (Å²) >= 11 is 0. The molecule has 1 aliphatic rings. The summed E-state index contributed by atoms with van der Waals surface area (Å²) < 4.78 is 0. The molecular formula is C16H27N3. The maximum atomic E-state index is 6.18. The van der Waals surface area contributed by atoms with Crippen molar-refractivity contribution < 1.29 is 0 Å². The van der Waals surface area contributed by atoms with Crippen LogP contribution in [0, 0.1) is 0 Å². The summed E-state index contributed by atoms with van der Waals surface area (Å²) in [5, 5.41) is 0. The fourth-order valence-electron chi connectivity index (χ4n) is 3.36. The van der Waals surface area contributed by atoms with Crippen LogP contribution < -0.4 is 5.73 Å². The second-order valence-electron chi connectivity index (χ2n) is 5.72. The molecule has 0 saturated heterocycles. The molecule has 106 valence electrons. The number of rotatable bonds is 5. The minimum atomic E-state index is 0.209. The van der Waals surface area contributed by atoms with E-state index in [1.807, 2.05) is 18.5 Å². The topological polar surface area (TPSA) is 42.2 Å². The Hall–Kier alpha value is -0.930. The molecule has 1 fully saturated rings. The minimum Gasteiger partial charge on any atom is -0.329 e. The van der Waals surface area contributed by atoms with E-state index < -0.39 is 0 Å². The van der Waals surface area contributed by atoms with Gasteiger partial charge in [0.25, 0.3) is 0 Å². The Balaban J connectivity index is 2.13. The van der Waals surface area contributed by atoms with Gasteiger partial charge in [-0.05, 0) is 31.0 Å². The maximum absolute atomic E-state index is 6.18. The summed E-state index contributed by atoms with van der Waals surface area (Å²) in [5.74, 6) is 0. The van der Waals surface area contributed by atoms with Crippen LogP contribution >= 0.6 is 0 Å². The van der Waals surface area contributed by atoms with Crippen molar-refractivity contribution >= 4 is 0 Å². The van der Waals surface area contributed by atoms with Gasteiger partial charge in [-0.2, -0.15) is 0 Å². The summed E-state index contributed by atoms with van der Waals surface area (Å²) in [6, 6.07) is 4.18. The van der Waals surface area contributed by atoms with Crippen molar-refractivity contribution in [1.82, 2.24) is 9.88 Å². The predicted octanol–water partition coefficient (Wildman–Crippen LogP) is 2.96. The number of nitrogens with zero attached hydrogens (tertiary/aromatic N) is 2. The molecule has 0 unspecified atom stereocenters. The highest BCUT2D eigenvalue weighted by molar-refractivity contribution is 5.09. The van der Waals surface area contributed by atoms with E-state index in [4.69, 9.17) is 5.73 Å². The highest BCUT2D eigenvalue weighted by Crippen LogP contribution is 2.32. The van der Waals surface area contributed by atoms with E-state index in [2.05, 4.69) is 22.9 Å². The molecule has 1 aromatic rings. The first kappa shape index (κ1) is 14.5. The van der Waals surface area contributed by atoms with Crippen molar-refractivity contribution in [2.45, 2.75) is 57.5 Å². The molecule has 3 nitrogen and oxygen atoms in total. The number of nitrogens with two attached hydrogens (primary N) is 1. The molecule has 1 aromatic heterocycles. The molecule has 0 bridgehead atoms. The lowest BCUT2D eigenvalue weighted by molar-refractivity contribution is 0.0755. The molecule has 0 aliphatic heterocycles. The van der Waals surface area contributed by atoms with Crippen LogP contribution in [0.4, 0.5) is 0 Å². The molecule has 2 rings (SSSR count). The zero-order valence-corrected chi connectivity index (χ0v) is 12.1. The van der Waals surface area contributed by atoms with E-state index in [1.165, 1.54) is 44.1 Å². The molecule has 3 heteroatoms. The number of hydrogen-bond acceptors (Lipinski definition) is 3. The smallest absolute Gasteiger partial charge is 0.0335 e. The van der Waals surface area contributed by atoms with Gasteiger partial charge in [0.15, 0.2) is 0 Å². The number of likely N-dealkylation sites (N-methyl/N-ethyl adjacent to an activating group) is 1. The standard InChI is InChI=1S/C16H27N3/c1-2-19(13-15-8-7-11-18-12-15)16(14-17)9-5-3-4-6-10-16/h7-8,11-12H,2-6,9-10,13-14,17H2,1H3. The summed E-state index contributed by atoms with van der Waals surface area (Å²) in [6.07, 6.45) is 11.7. The predicted molar refractivity (Wildman–Crippen MR) is 79.8 cm³/mol. The van der Waals surface area contributed by atoms with Crippen molar-refractivity contribution in [3.05, 3.63) is 30.1 Å². The van der Waals surface area contributed by atoms with Crippen LogP contribution in [0.25, 0.3) is 0 Å². The third-order valence-electron chi connectivity index (χ3n) is 4.56. The number of hydrogen-bond donors (Lipinski definition) is 1. The van der Waals surface area contributed by atoms with Crippen LogP contribution in [0.2, 0.25) is 0 Å². The summed E-state index contributed by atoms with van der Waals surface area (Å²) in [7, 11) is 0. The van der Waals surface area contributed by atoms with E-state index in [0.717, 1.165) is 19.6 Å². The molecule has 2 N–H and O–H groups in total. The molecular weight excluding hydrogens is 234 g/mol. The van der Waals surface area contributed by atoms with Crippen molar-refractivity contribution in [2.24, 2.45) is 5.73 Å². The lowest BCUT2D eigenvalue weighted by Crippen LogP contribution is -2.53. The van der Waals surface area contributed by atoms with Crippen LogP contribution in [0.1, 0.15) is 51.0 Å². The zero-order valence-electron chi connectivity index (χ0n) is 12.1. The van der Waals surface area contributed by atoms with Crippen LogP contribution in [0.3, 0.4) is 0 Å². The Morgan fingerprint density at radius 3 is 2.53 bits per heavy atom. The second kappa shape index (κ2) is 7.01. The average molecular weight is 261 g/mol. The van der Waals surface area contributed by atoms with Crippen molar-refractivity contribution in [2.75, 3.05) is 13.1 Å². The van der Waals surface area contributed by atoms with Crippen LogP contribution in [-0.4, -0.2) is 28.5 Å². The Bertz CT molecular complexity index is 356. The van der Waals surface area contributed by atoms with Gasteiger partial charge in [-0.1, -0.05) is 38.7 Å². The van der Waals surface area contributed by atoms with Gasteiger partial charge in [0.1, 0.15) is 0 Å². The van der Waals surface area contributed by atoms with E-state index in [1.54, 1.807) is 0 Å². The van der Waals surface area contributed by atoms with Crippen molar-refractivity contribution in [3.8, 4) is 0 Å². The maximum Gasteiger partial charge on any atom is 0.0335 e. The Labute approximate surface area is 117 Å². The highest BCUT2D eigenvalue weighted by Gasteiger charge is 2.34. The van der Waals surface area contributed by atoms with Crippen molar-refractivity contribution in [3.63, 3.8) is 0 Å². The first-order chi connectivity index (χ1) is 9.30. The SMILES string of the molecule is CCN(Cc1cccnc1)C1(CN)CCCCCC1. The number of pyridine rings is 1. The van der Waals surface area contributed by atoms with Gasteiger partial charge < -0.3 is 5.73 Å². The Morgan fingerprint density at radius 2 is 2.00 bits per heavy atom. The van der Waals surface area contributed by atoms with Gasteiger partial charge in [-0.25, -0.2) is 0 Å². The molecule has 19 heavy (non-hydrogen) atoms. The number of aromatic nitrogens is 1. The van der Waals surface area contributed by atoms with Crippen LogP contribution in [0.5, 0.6) is 0 Å². The van der Waals surface area contributed by atoms with E-state index in [0.29, 0.717) is 0 Å². The van der Waals surface area contributed by atoms with Gasteiger partial charge in [0, 0.05) is 31.0 Å². The fourth-order valence-corrected chi connectivity index (χ4v) is 3.36. The third-order valence-corrected chi connectivity index (χ3v) is 4.56.